The maximum atomic E-state index is 12.2. The van der Waals surface area contributed by atoms with E-state index in [2.05, 4.69) is 33.9 Å². The van der Waals surface area contributed by atoms with E-state index in [1.807, 2.05) is 13.8 Å². The van der Waals surface area contributed by atoms with Crippen molar-refractivity contribution < 1.29 is 19.2 Å². The molecule has 0 saturated carbocycles. The summed E-state index contributed by atoms with van der Waals surface area (Å²) in [4.78, 5) is 44.7. The molecule has 24 heavy (non-hydrogen) atoms. The molecule has 138 valence electrons. The molecule has 0 aromatic carbocycles. The SMILES string of the molecule is CC(C)(S)CCNC(=O)C(CCCNC(N)=O)NC(=O)CNC=O. The molecule has 0 heterocycles. The lowest BCUT2D eigenvalue weighted by Gasteiger charge is -2.21. The number of hydrogen-bond donors (Lipinski definition) is 6. The third-order valence-corrected chi connectivity index (χ3v) is 3.23. The van der Waals surface area contributed by atoms with E-state index in [-0.39, 0.29) is 17.2 Å². The van der Waals surface area contributed by atoms with Gasteiger partial charge in [-0.05, 0) is 19.3 Å². The quantitative estimate of drug-likeness (QED) is 0.149. The van der Waals surface area contributed by atoms with E-state index in [0.717, 1.165) is 0 Å². The van der Waals surface area contributed by atoms with Gasteiger partial charge in [-0.25, -0.2) is 4.79 Å². The largest absolute Gasteiger partial charge is 0.354 e. The summed E-state index contributed by atoms with van der Waals surface area (Å²) in [7, 11) is 0. The van der Waals surface area contributed by atoms with E-state index in [4.69, 9.17) is 5.73 Å². The predicted molar refractivity (Wildman–Crippen MR) is 93.5 cm³/mol. The Morgan fingerprint density at radius 1 is 1.21 bits per heavy atom. The average molecular weight is 361 g/mol. The lowest BCUT2D eigenvalue weighted by molar-refractivity contribution is -0.129. The molecule has 10 heteroatoms. The summed E-state index contributed by atoms with van der Waals surface area (Å²) in [5.41, 5.74) is 4.96. The molecule has 0 rings (SSSR count). The van der Waals surface area contributed by atoms with Gasteiger partial charge in [0.1, 0.15) is 6.04 Å². The lowest BCUT2D eigenvalue weighted by atomic mass is 10.1. The van der Waals surface area contributed by atoms with E-state index in [1.54, 1.807) is 0 Å². The van der Waals surface area contributed by atoms with Gasteiger partial charge in [-0.1, -0.05) is 13.8 Å². The number of thiol groups is 1. The second kappa shape index (κ2) is 11.5. The fourth-order valence-electron chi connectivity index (χ4n) is 1.78. The van der Waals surface area contributed by atoms with Crippen molar-refractivity contribution in [2.45, 2.75) is 43.9 Å². The van der Waals surface area contributed by atoms with Crippen LogP contribution in [0.2, 0.25) is 0 Å². The molecule has 0 aromatic heterocycles. The molecule has 0 aliphatic rings. The standard InChI is InChI=1S/C14H27N5O4S/c1-14(2,24)5-7-17-12(22)10(4-3-6-18-13(15)23)19-11(21)8-16-9-20/h9-10,24H,3-8H2,1-2H3,(H,16,20)(H,17,22)(H,19,21)(H3,15,18,23). The highest BCUT2D eigenvalue weighted by Gasteiger charge is 2.21. The minimum Gasteiger partial charge on any atom is -0.354 e. The molecule has 0 fully saturated rings. The number of hydrogen-bond acceptors (Lipinski definition) is 5. The Balaban J connectivity index is 4.47. The van der Waals surface area contributed by atoms with Crippen LogP contribution in [0.1, 0.15) is 33.1 Å². The summed E-state index contributed by atoms with van der Waals surface area (Å²) >= 11 is 4.38. The Morgan fingerprint density at radius 3 is 2.42 bits per heavy atom. The van der Waals surface area contributed by atoms with Crippen LogP contribution in [0.15, 0.2) is 0 Å². The van der Waals surface area contributed by atoms with Crippen LogP contribution in [-0.4, -0.2) is 54.7 Å². The predicted octanol–water partition coefficient (Wildman–Crippen LogP) is -1.12. The molecule has 0 aliphatic heterocycles. The van der Waals surface area contributed by atoms with E-state index in [9.17, 15) is 19.2 Å². The summed E-state index contributed by atoms with van der Waals surface area (Å²) in [5, 5.41) is 9.94. The highest BCUT2D eigenvalue weighted by molar-refractivity contribution is 7.81. The summed E-state index contributed by atoms with van der Waals surface area (Å²) in [6.07, 6.45) is 1.85. The number of primary amides is 1. The van der Waals surface area contributed by atoms with Gasteiger partial charge < -0.3 is 27.0 Å². The molecule has 9 nitrogen and oxygen atoms in total. The van der Waals surface area contributed by atoms with Crippen LogP contribution in [0.5, 0.6) is 0 Å². The normalized spacial score (nSPS) is 12.0. The number of nitrogens with two attached hydrogens (primary N) is 1. The molecule has 5 amide bonds. The zero-order valence-electron chi connectivity index (χ0n) is 14.1. The van der Waals surface area contributed by atoms with Gasteiger partial charge >= 0.3 is 6.03 Å². The number of nitrogens with one attached hydrogen (secondary N) is 4. The topological polar surface area (TPSA) is 142 Å². The molecular formula is C14H27N5O4S. The lowest BCUT2D eigenvalue weighted by Crippen LogP contribution is -2.49. The molecule has 0 bridgehead atoms. The smallest absolute Gasteiger partial charge is 0.312 e. The molecular weight excluding hydrogens is 334 g/mol. The van der Waals surface area contributed by atoms with Gasteiger partial charge in [0.2, 0.25) is 18.2 Å². The molecule has 6 N–H and O–H groups in total. The van der Waals surface area contributed by atoms with Crippen LogP contribution in [0.3, 0.4) is 0 Å². The first-order valence-electron chi connectivity index (χ1n) is 7.65. The van der Waals surface area contributed by atoms with Gasteiger partial charge in [0.05, 0.1) is 6.54 Å². The van der Waals surface area contributed by atoms with Crippen LogP contribution in [0.4, 0.5) is 4.79 Å². The van der Waals surface area contributed by atoms with Crippen molar-refractivity contribution in [1.82, 2.24) is 21.3 Å². The molecule has 0 saturated heterocycles. The van der Waals surface area contributed by atoms with Crippen LogP contribution in [-0.2, 0) is 14.4 Å². The average Bonchev–Trinajstić information content (AvgIpc) is 2.46. The highest BCUT2D eigenvalue weighted by Crippen LogP contribution is 2.15. The van der Waals surface area contributed by atoms with Gasteiger partial charge in [-0.3, -0.25) is 14.4 Å². The van der Waals surface area contributed by atoms with Crippen molar-refractivity contribution in [2.75, 3.05) is 19.6 Å². The Hall–Kier alpha value is -1.97. The second-order valence-corrected chi connectivity index (χ2v) is 7.12. The number of urea groups is 1. The Morgan fingerprint density at radius 2 is 1.88 bits per heavy atom. The van der Waals surface area contributed by atoms with E-state index in [0.29, 0.717) is 38.8 Å². The molecule has 0 aromatic rings. The van der Waals surface area contributed by atoms with Crippen LogP contribution in [0.25, 0.3) is 0 Å². The van der Waals surface area contributed by atoms with Gasteiger partial charge in [-0.15, -0.1) is 0 Å². The van der Waals surface area contributed by atoms with Crippen molar-refractivity contribution in [3.05, 3.63) is 0 Å². The zero-order valence-corrected chi connectivity index (χ0v) is 14.9. The second-order valence-electron chi connectivity index (χ2n) is 5.91. The number of rotatable bonds is 12. The maximum absolute atomic E-state index is 12.2. The first-order chi connectivity index (χ1) is 11.2. The van der Waals surface area contributed by atoms with Crippen LogP contribution < -0.4 is 27.0 Å². The zero-order chi connectivity index (χ0) is 18.6. The molecule has 0 spiro atoms. The highest BCUT2D eigenvalue weighted by atomic mass is 32.1. The van der Waals surface area contributed by atoms with E-state index < -0.39 is 18.0 Å². The van der Waals surface area contributed by atoms with Crippen LogP contribution in [0, 0.1) is 0 Å². The maximum Gasteiger partial charge on any atom is 0.312 e. The molecule has 0 aliphatic carbocycles. The summed E-state index contributed by atoms with van der Waals surface area (Å²) in [6, 6.07) is -1.41. The van der Waals surface area contributed by atoms with Gasteiger partial charge in [0, 0.05) is 17.8 Å². The molecule has 0 radical (unpaired) electrons. The van der Waals surface area contributed by atoms with Crippen molar-refractivity contribution in [3.8, 4) is 0 Å². The Kier molecular flexibility index (Phi) is 10.6. The summed E-state index contributed by atoms with van der Waals surface area (Å²) < 4.78 is -0.217. The van der Waals surface area contributed by atoms with Crippen molar-refractivity contribution in [3.63, 3.8) is 0 Å². The van der Waals surface area contributed by atoms with E-state index >= 15 is 0 Å². The fraction of sp³-hybridized carbons (Fsp3) is 0.714. The number of carbonyl (C=O) groups is 4. The number of amides is 5. The van der Waals surface area contributed by atoms with Gasteiger partial charge in [0.15, 0.2) is 0 Å². The minimum absolute atomic E-state index is 0.212. The fourth-order valence-corrected chi connectivity index (χ4v) is 1.89. The summed E-state index contributed by atoms with van der Waals surface area (Å²) in [5.74, 6) is -0.800. The number of carbonyl (C=O) groups excluding carboxylic acids is 4. The van der Waals surface area contributed by atoms with Gasteiger partial charge in [0.25, 0.3) is 0 Å². The van der Waals surface area contributed by atoms with Crippen LogP contribution >= 0.6 is 12.6 Å². The molecule has 1 unspecified atom stereocenters. The third-order valence-electron chi connectivity index (χ3n) is 3.00. The van der Waals surface area contributed by atoms with Crippen molar-refractivity contribution in [1.29, 1.82) is 0 Å². The van der Waals surface area contributed by atoms with Crippen molar-refractivity contribution in [2.24, 2.45) is 5.73 Å². The summed E-state index contributed by atoms with van der Waals surface area (Å²) in [6.45, 7) is 4.37. The monoisotopic (exact) mass is 361 g/mol. The Bertz CT molecular complexity index is 439. The van der Waals surface area contributed by atoms with Gasteiger partial charge in [-0.2, -0.15) is 12.6 Å². The first kappa shape index (κ1) is 22.0. The first-order valence-corrected chi connectivity index (χ1v) is 8.10. The minimum atomic E-state index is -0.761. The molecule has 1 atom stereocenters. The Labute approximate surface area is 147 Å². The third kappa shape index (κ3) is 12.6. The van der Waals surface area contributed by atoms with Crippen molar-refractivity contribution >= 4 is 36.9 Å². The van der Waals surface area contributed by atoms with E-state index in [1.165, 1.54) is 0 Å².